The predicted octanol–water partition coefficient (Wildman–Crippen LogP) is 2.46. The molecular weight excluding hydrogens is 174 g/mol. The number of carbonyl (C=O) groups excluding carboxylic acids is 1. The highest BCUT2D eigenvalue weighted by atomic mass is 16.1. The Bertz CT molecular complexity index is 241. The fourth-order valence-electron chi connectivity index (χ4n) is 1.98. The molecule has 0 amide bonds. The van der Waals surface area contributed by atoms with E-state index in [-0.39, 0.29) is 0 Å². The van der Waals surface area contributed by atoms with E-state index in [2.05, 4.69) is 13.8 Å². The number of Topliss-reactive ketones (excluding diaryl/α,β-unsaturated/α-hetero) is 1. The van der Waals surface area contributed by atoms with Crippen LogP contribution in [0.25, 0.3) is 0 Å². The fraction of sp³-hybridized carbons (Fsp3) is 0.750. The summed E-state index contributed by atoms with van der Waals surface area (Å²) in [6.45, 7) is 4.49. The predicted molar refractivity (Wildman–Crippen MR) is 59.0 cm³/mol. The summed E-state index contributed by atoms with van der Waals surface area (Å²) in [6, 6.07) is 0. The van der Waals surface area contributed by atoms with Crippen molar-refractivity contribution in [2.45, 2.75) is 33.1 Å². The fourth-order valence-corrected chi connectivity index (χ4v) is 1.98. The molecule has 2 heteroatoms. The molecule has 0 radical (unpaired) electrons. The number of hydrogen-bond donors (Lipinski definition) is 0. The van der Waals surface area contributed by atoms with Crippen LogP contribution in [-0.4, -0.2) is 24.8 Å². The van der Waals surface area contributed by atoms with Crippen LogP contribution in [-0.2, 0) is 4.79 Å². The molecule has 1 rings (SSSR count). The van der Waals surface area contributed by atoms with Gasteiger partial charge in [-0.25, -0.2) is 0 Å². The van der Waals surface area contributed by atoms with Gasteiger partial charge < -0.3 is 4.90 Å². The molecule has 1 atom stereocenters. The zero-order valence-electron chi connectivity index (χ0n) is 9.71. The Morgan fingerprint density at radius 3 is 2.57 bits per heavy atom. The summed E-state index contributed by atoms with van der Waals surface area (Å²) in [5.41, 5.74) is 1.01. The lowest BCUT2D eigenvalue weighted by Gasteiger charge is -2.27. The molecule has 80 valence electrons. The standard InChI is InChI=1S/C12H21NO/c1-9(2)10-5-6-12(14)11(7-10)8-13(3)4/h8-10H,5-7H2,1-4H3/b11-8-. The molecular formula is C12H21NO. The third-order valence-electron chi connectivity index (χ3n) is 2.94. The molecule has 2 nitrogen and oxygen atoms in total. The van der Waals surface area contributed by atoms with Gasteiger partial charge in [-0.2, -0.15) is 0 Å². The zero-order valence-corrected chi connectivity index (χ0v) is 9.71. The van der Waals surface area contributed by atoms with Gasteiger partial charge in [-0.3, -0.25) is 4.79 Å². The average Bonchev–Trinajstić information content (AvgIpc) is 2.07. The topological polar surface area (TPSA) is 20.3 Å². The molecule has 0 heterocycles. The van der Waals surface area contributed by atoms with Crippen molar-refractivity contribution in [3.05, 3.63) is 11.8 Å². The minimum Gasteiger partial charge on any atom is -0.383 e. The van der Waals surface area contributed by atoms with Gasteiger partial charge in [0.15, 0.2) is 5.78 Å². The molecule has 0 spiro atoms. The second-order valence-electron chi connectivity index (χ2n) is 4.79. The first-order valence-corrected chi connectivity index (χ1v) is 5.41. The molecule has 0 aromatic rings. The Hall–Kier alpha value is -0.790. The minimum atomic E-state index is 0.343. The van der Waals surface area contributed by atoms with E-state index in [4.69, 9.17) is 0 Å². The quantitative estimate of drug-likeness (QED) is 0.631. The molecule has 1 unspecified atom stereocenters. The van der Waals surface area contributed by atoms with Gasteiger partial charge in [-0.05, 0) is 24.7 Å². The SMILES string of the molecule is CC(C)C1CCC(=O)/C(=C\N(C)C)C1. The van der Waals surface area contributed by atoms with Crippen LogP contribution in [0, 0.1) is 11.8 Å². The van der Waals surface area contributed by atoms with E-state index in [0.717, 1.165) is 24.8 Å². The van der Waals surface area contributed by atoms with E-state index in [1.54, 1.807) is 0 Å². The lowest BCUT2D eigenvalue weighted by atomic mass is 9.79. The van der Waals surface area contributed by atoms with Crippen molar-refractivity contribution in [1.82, 2.24) is 4.90 Å². The van der Waals surface area contributed by atoms with Crippen molar-refractivity contribution in [2.24, 2.45) is 11.8 Å². The highest BCUT2D eigenvalue weighted by Crippen LogP contribution is 2.31. The summed E-state index contributed by atoms with van der Waals surface area (Å²) in [6.07, 6.45) is 4.76. The second-order valence-corrected chi connectivity index (χ2v) is 4.79. The summed E-state index contributed by atoms with van der Waals surface area (Å²) in [5, 5.41) is 0. The van der Waals surface area contributed by atoms with E-state index in [0.29, 0.717) is 17.6 Å². The molecule has 0 bridgehead atoms. The first-order valence-electron chi connectivity index (χ1n) is 5.41. The molecule has 14 heavy (non-hydrogen) atoms. The van der Waals surface area contributed by atoms with Crippen LogP contribution in [0.15, 0.2) is 11.8 Å². The molecule has 1 aliphatic carbocycles. The largest absolute Gasteiger partial charge is 0.383 e. The monoisotopic (exact) mass is 195 g/mol. The van der Waals surface area contributed by atoms with Crippen LogP contribution in [0.5, 0.6) is 0 Å². The van der Waals surface area contributed by atoms with Crippen LogP contribution in [0.2, 0.25) is 0 Å². The maximum atomic E-state index is 11.6. The van der Waals surface area contributed by atoms with E-state index >= 15 is 0 Å². The van der Waals surface area contributed by atoms with Crippen LogP contribution >= 0.6 is 0 Å². The van der Waals surface area contributed by atoms with Crippen LogP contribution in [0.3, 0.4) is 0 Å². The maximum Gasteiger partial charge on any atom is 0.160 e. The van der Waals surface area contributed by atoms with Crippen LogP contribution in [0.4, 0.5) is 0 Å². The van der Waals surface area contributed by atoms with Crippen molar-refractivity contribution >= 4 is 5.78 Å². The highest BCUT2D eigenvalue weighted by Gasteiger charge is 2.25. The summed E-state index contributed by atoms with van der Waals surface area (Å²) < 4.78 is 0. The minimum absolute atomic E-state index is 0.343. The van der Waals surface area contributed by atoms with Crippen LogP contribution in [0.1, 0.15) is 33.1 Å². The van der Waals surface area contributed by atoms with Gasteiger partial charge in [0.2, 0.25) is 0 Å². The molecule has 1 saturated carbocycles. The summed E-state index contributed by atoms with van der Waals surface area (Å²) in [7, 11) is 3.94. The molecule has 0 aliphatic heterocycles. The van der Waals surface area contributed by atoms with Gasteiger partial charge in [0.1, 0.15) is 0 Å². The van der Waals surface area contributed by atoms with Gasteiger partial charge in [0, 0.05) is 32.3 Å². The molecule has 0 saturated heterocycles. The van der Waals surface area contributed by atoms with Gasteiger partial charge in [-0.15, -0.1) is 0 Å². The highest BCUT2D eigenvalue weighted by molar-refractivity contribution is 5.95. The van der Waals surface area contributed by atoms with Crippen LogP contribution < -0.4 is 0 Å². The number of allylic oxidation sites excluding steroid dienone is 1. The van der Waals surface area contributed by atoms with Crippen molar-refractivity contribution < 1.29 is 4.79 Å². The molecule has 0 aromatic heterocycles. The van der Waals surface area contributed by atoms with E-state index in [1.165, 1.54) is 0 Å². The third kappa shape index (κ3) is 2.86. The maximum absolute atomic E-state index is 11.6. The van der Waals surface area contributed by atoms with Crippen molar-refractivity contribution in [3.8, 4) is 0 Å². The Morgan fingerprint density at radius 2 is 2.07 bits per heavy atom. The van der Waals surface area contributed by atoms with Gasteiger partial charge >= 0.3 is 0 Å². The first-order chi connectivity index (χ1) is 6.50. The molecule has 1 fully saturated rings. The third-order valence-corrected chi connectivity index (χ3v) is 2.94. The van der Waals surface area contributed by atoms with Gasteiger partial charge in [0.05, 0.1) is 0 Å². The Kier molecular flexibility index (Phi) is 3.73. The Morgan fingerprint density at radius 1 is 1.43 bits per heavy atom. The number of nitrogens with zero attached hydrogens (tertiary/aromatic N) is 1. The molecule has 0 N–H and O–H groups in total. The van der Waals surface area contributed by atoms with Gasteiger partial charge in [-0.1, -0.05) is 13.8 Å². The Labute approximate surface area is 87.0 Å². The van der Waals surface area contributed by atoms with Crippen molar-refractivity contribution in [2.75, 3.05) is 14.1 Å². The average molecular weight is 195 g/mol. The van der Waals surface area contributed by atoms with E-state index in [1.807, 2.05) is 25.2 Å². The van der Waals surface area contributed by atoms with Gasteiger partial charge in [0.25, 0.3) is 0 Å². The lowest BCUT2D eigenvalue weighted by molar-refractivity contribution is -0.117. The first kappa shape index (κ1) is 11.3. The smallest absolute Gasteiger partial charge is 0.160 e. The number of carbonyl (C=O) groups is 1. The van der Waals surface area contributed by atoms with Crippen molar-refractivity contribution in [1.29, 1.82) is 0 Å². The van der Waals surface area contributed by atoms with E-state index < -0.39 is 0 Å². The molecule has 1 aliphatic rings. The molecule has 0 aromatic carbocycles. The number of rotatable bonds is 2. The summed E-state index contributed by atoms with van der Waals surface area (Å²) >= 11 is 0. The van der Waals surface area contributed by atoms with E-state index in [9.17, 15) is 4.79 Å². The number of hydrogen-bond acceptors (Lipinski definition) is 2. The second kappa shape index (κ2) is 4.63. The van der Waals surface area contributed by atoms with Crippen molar-refractivity contribution in [3.63, 3.8) is 0 Å². The summed E-state index contributed by atoms with van der Waals surface area (Å²) in [4.78, 5) is 13.6. The summed E-state index contributed by atoms with van der Waals surface area (Å²) in [5.74, 6) is 1.73. The normalized spacial score (nSPS) is 25.9. The Balaban J connectivity index is 2.69. The zero-order chi connectivity index (χ0) is 10.7. The lowest BCUT2D eigenvalue weighted by Crippen LogP contribution is -2.22. The number of ketones is 1.